The molecule has 134 valence electrons. The highest BCUT2D eigenvalue weighted by Crippen LogP contribution is 2.42. The molecule has 1 saturated carbocycles. The first-order valence-electron chi connectivity index (χ1n) is 7.43. The summed E-state index contributed by atoms with van der Waals surface area (Å²) in [5.41, 5.74) is 4.57. The van der Waals surface area contributed by atoms with Crippen molar-refractivity contribution in [3.63, 3.8) is 0 Å². The summed E-state index contributed by atoms with van der Waals surface area (Å²) in [6, 6.07) is -0.291. The van der Waals surface area contributed by atoms with Crippen LogP contribution in [0.5, 0.6) is 0 Å². The molecule has 0 radical (unpaired) electrons. The van der Waals surface area contributed by atoms with Crippen LogP contribution in [0.15, 0.2) is 16.1 Å². The van der Waals surface area contributed by atoms with Gasteiger partial charge >= 0.3 is 5.97 Å². The molecule has 26 heavy (non-hydrogen) atoms. The summed E-state index contributed by atoms with van der Waals surface area (Å²) in [6.45, 7) is 1.03. The summed E-state index contributed by atoms with van der Waals surface area (Å²) >= 11 is 0. The van der Waals surface area contributed by atoms with E-state index in [2.05, 4.69) is 15.3 Å². The number of fused-ring (bicyclic) bond motifs is 1. The van der Waals surface area contributed by atoms with Crippen LogP contribution < -0.4 is 10.7 Å². The third kappa shape index (κ3) is 2.64. The van der Waals surface area contributed by atoms with E-state index in [0.29, 0.717) is 12.8 Å². The number of hydrogen-bond acceptors (Lipinski definition) is 4. The number of halogens is 2. The van der Waals surface area contributed by atoms with E-state index < -0.39 is 56.8 Å². The summed E-state index contributed by atoms with van der Waals surface area (Å²) in [6.07, 6.45) is 2.17. The lowest BCUT2D eigenvalue weighted by Gasteiger charge is -2.17. The van der Waals surface area contributed by atoms with Crippen LogP contribution in [0.1, 0.15) is 36.2 Å². The second kappa shape index (κ2) is 6.12. The van der Waals surface area contributed by atoms with E-state index in [1.807, 2.05) is 0 Å². The number of rotatable bonds is 4. The van der Waals surface area contributed by atoms with E-state index in [1.165, 1.54) is 4.57 Å². The Morgan fingerprint density at radius 1 is 1.38 bits per heavy atom. The molecular weight excluding hydrogens is 352 g/mol. The van der Waals surface area contributed by atoms with Gasteiger partial charge in [-0.05, 0) is 18.4 Å². The summed E-state index contributed by atoms with van der Waals surface area (Å²) in [4.78, 5) is 37.7. The quantitative estimate of drug-likeness (QED) is 0.489. The number of carbonyl (C=O) groups excluding carboxylic acids is 1. The summed E-state index contributed by atoms with van der Waals surface area (Å²) in [7, 11) is 0. The Bertz CT molecular complexity index is 1080. The largest absolute Gasteiger partial charge is 0.477 e. The molecule has 1 aromatic carbocycles. The number of nitrogens with zero attached hydrogens (tertiary/aromatic N) is 4. The molecule has 3 rings (SSSR count). The highest BCUT2D eigenvalue weighted by Gasteiger charge is 2.32. The molecule has 1 aliphatic carbocycles. The van der Waals surface area contributed by atoms with Crippen molar-refractivity contribution in [1.29, 1.82) is 0 Å². The van der Waals surface area contributed by atoms with E-state index in [4.69, 9.17) is 5.53 Å². The van der Waals surface area contributed by atoms with Gasteiger partial charge in [0.1, 0.15) is 11.3 Å². The predicted molar refractivity (Wildman–Crippen MR) is 86.5 cm³/mol. The number of hydrogen-bond donors (Lipinski definition) is 2. The molecule has 9 nitrogen and oxygen atoms in total. The van der Waals surface area contributed by atoms with Gasteiger partial charge in [-0.1, -0.05) is 5.11 Å². The molecule has 1 fully saturated rings. The first-order valence-corrected chi connectivity index (χ1v) is 7.43. The Morgan fingerprint density at radius 3 is 2.54 bits per heavy atom. The third-order valence-electron chi connectivity index (χ3n) is 3.94. The highest BCUT2D eigenvalue weighted by molar-refractivity contribution is 6.04. The van der Waals surface area contributed by atoms with Gasteiger partial charge in [-0.3, -0.25) is 9.59 Å². The Hall–Kier alpha value is -3.46. The molecule has 11 heteroatoms. The molecule has 1 amide bonds. The minimum absolute atomic E-state index is 0.291. The smallest absolute Gasteiger partial charge is 0.341 e. The summed E-state index contributed by atoms with van der Waals surface area (Å²) < 4.78 is 30.7. The maximum absolute atomic E-state index is 14.9. The van der Waals surface area contributed by atoms with Crippen molar-refractivity contribution < 1.29 is 23.5 Å². The molecule has 2 aromatic rings. The van der Waals surface area contributed by atoms with E-state index in [9.17, 15) is 28.3 Å². The number of carbonyl (C=O) groups is 2. The first-order chi connectivity index (χ1) is 12.3. The molecular formula is C15H11F2N5O4. The number of azide groups is 1. The lowest BCUT2D eigenvalue weighted by molar-refractivity contribution is -0.114. The van der Waals surface area contributed by atoms with Crippen LogP contribution in [0, 0.1) is 11.6 Å². The minimum Gasteiger partial charge on any atom is -0.477 e. The van der Waals surface area contributed by atoms with Gasteiger partial charge in [-0.2, -0.15) is 0 Å². The number of anilines is 1. The van der Waals surface area contributed by atoms with Gasteiger partial charge in [0, 0.05) is 24.1 Å². The standard InChI is InChI=1S/C15H11F2N5O4/c1-5(23)19-11-8-13(10(17)12(9(11)16)20-21-18)22(6-2-3-6)4-7(14(8)24)15(25)26/h4,6H,2-3H2,1H3,(H,19,23)(H,25,26). The van der Waals surface area contributed by atoms with Gasteiger partial charge in [0.05, 0.1) is 16.6 Å². The third-order valence-corrected chi connectivity index (χ3v) is 3.94. The normalized spacial score (nSPS) is 13.3. The topological polar surface area (TPSA) is 137 Å². The van der Waals surface area contributed by atoms with Crippen molar-refractivity contribution in [2.24, 2.45) is 5.11 Å². The van der Waals surface area contributed by atoms with Crippen LogP contribution in [0.3, 0.4) is 0 Å². The maximum atomic E-state index is 14.9. The van der Waals surface area contributed by atoms with Crippen molar-refractivity contribution in [3.8, 4) is 0 Å². The number of amides is 1. The van der Waals surface area contributed by atoms with E-state index >= 15 is 0 Å². The fraction of sp³-hybridized carbons (Fsp3) is 0.267. The van der Waals surface area contributed by atoms with Gasteiger partial charge in [0.25, 0.3) is 0 Å². The molecule has 1 aromatic heterocycles. The number of aromatic nitrogens is 1. The first kappa shape index (κ1) is 17.4. The van der Waals surface area contributed by atoms with Crippen LogP contribution in [-0.4, -0.2) is 21.6 Å². The number of carboxylic acids is 1. The number of carboxylic acid groups (broad SMARTS) is 1. The van der Waals surface area contributed by atoms with Gasteiger partial charge in [0.15, 0.2) is 11.6 Å². The number of aromatic carboxylic acids is 1. The Morgan fingerprint density at radius 2 is 2.04 bits per heavy atom. The lowest BCUT2D eigenvalue weighted by atomic mass is 10.1. The summed E-state index contributed by atoms with van der Waals surface area (Å²) in [5, 5.41) is 13.7. The average molecular weight is 363 g/mol. The SMILES string of the molecule is CC(=O)Nc1c(F)c(N=[N+]=[N-])c(F)c2c1c(=O)c(C(=O)O)cn2C1CC1. The van der Waals surface area contributed by atoms with Crippen LogP contribution in [0.25, 0.3) is 21.3 Å². The van der Waals surface area contributed by atoms with E-state index in [-0.39, 0.29) is 6.04 Å². The lowest BCUT2D eigenvalue weighted by Crippen LogP contribution is -2.22. The van der Waals surface area contributed by atoms with Gasteiger partial charge in [0.2, 0.25) is 11.3 Å². The fourth-order valence-electron chi connectivity index (χ4n) is 2.74. The zero-order chi connectivity index (χ0) is 19.2. The van der Waals surface area contributed by atoms with Crippen molar-refractivity contribution in [2.75, 3.05) is 5.32 Å². The second-order valence-electron chi connectivity index (χ2n) is 5.76. The second-order valence-corrected chi connectivity index (χ2v) is 5.76. The molecule has 0 spiro atoms. The monoisotopic (exact) mass is 363 g/mol. The molecule has 0 bridgehead atoms. The highest BCUT2D eigenvalue weighted by atomic mass is 19.1. The predicted octanol–water partition coefficient (Wildman–Crippen LogP) is 3.21. The molecule has 0 aliphatic heterocycles. The van der Waals surface area contributed by atoms with Gasteiger partial charge in [-0.25, -0.2) is 13.6 Å². The number of nitrogens with one attached hydrogen (secondary N) is 1. The van der Waals surface area contributed by atoms with Crippen molar-refractivity contribution in [3.05, 3.63) is 44.1 Å². The zero-order valence-electron chi connectivity index (χ0n) is 13.3. The fourth-order valence-corrected chi connectivity index (χ4v) is 2.74. The van der Waals surface area contributed by atoms with Crippen LogP contribution in [-0.2, 0) is 4.79 Å². The van der Waals surface area contributed by atoms with Crippen LogP contribution in [0.2, 0.25) is 0 Å². The molecule has 1 aliphatic rings. The Labute approximate surface area is 143 Å². The average Bonchev–Trinajstić information content (AvgIpc) is 3.39. The van der Waals surface area contributed by atoms with Crippen LogP contribution in [0.4, 0.5) is 20.2 Å². The van der Waals surface area contributed by atoms with Gasteiger partial charge < -0.3 is 15.0 Å². The Kier molecular flexibility index (Phi) is 4.09. The molecule has 0 saturated heterocycles. The van der Waals surface area contributed by atoms with Crippen molar-refractivity contribution in [1.82, 2.24) is 4.57 Å². The van der Waals surface area contributed by atoms with Gasteiger partial charge in [-0.15, -0.1) is 0 Å². The Balaban J connectivity index is 2.60. The van der Waals surface area contributed by atoms with Crippen molar-refractivity contribution >= 4 is 34.2 Å². The molecule has 1 heterocycles. The molecule has 0 unspecified atom stereocenters. The minimum atomic E-state index is -1.57. The molecule has 2 N–H and O–H groups in total. The number of pyridine rings is 1. The van der Waals surface area contributed by atoms with E-state index in [1.54, 1.807) is 0 Å². The maximum Gasteiger partial charge on any atom is 0.341 e. The number of benzene rings is 1. The summed E-state index contributed by atoms with van der Waals surface area (Å²) in [5.74, 6) is -5.10. The molecule has 0 atom stereocenters. The van der Waals surface area contributed by atoms with E-state index in [0.717, 1.165) is 13.1 Å². The van der Waals surface area contributed by atoms with Crippen molar-refractivity contribution in [2.45, 2.75) is 25.8 Å². The zero-order valence-corrected chi connectivity index (χ0v) is 13.3. The van der Waals surface area contributed by atoms with Crippen LogP contribution >= 0.6 is 0 Å².